The third-order valence-corrected chi connectivity index (χ3v) is 5.58. The van der Waals surface area contributed by atoms with E-state index in [9.17, 15) is 4.79 Å². The average Bonchev–Trinajstić information content (AvgIpc) is 3.33. The van der Waals surface area contributed by atoms with Crippen LogP contribution in [-0.2, 0) is 6.42 Å². The smallest absolute Gasteiger partial charge is 0.272 e. The van der Waals surface area contributed by atoms with Gasteiger partial charge in [-0.3, -0.25) is 19.7 Å². The summed E-state index contributed by atoms with van der Waals surface area (Å²) in [5.74, 6) is 0.778. The predicted molar refractivity (Wildman–Crippen MR) is 108 cm³/mol. The minimum Gasteiger partial charge on any atom is -0.361 e. The Morgan fingerprint density at radius 2 is 2.07 bits per heavy atom. The van der Waals surface area contributed by atoms with Gasteiger partial charge in [-0.25, -0.2) is 0 Å². The van der Waals surface area contributed by atoms with E-state index in [0.29, 0.717) is 5.69 Å². The van der Waals surface area contributed by atoms with E-state index in [4.69, 9.17) is 4.52 Å². The highest BCUT2D eigenvalue weighted by Crippen LogP contribution is 2.26. The van der Waals surface area contributed by atoms with Crippen molar-refractivity contribution in [2.75, 3.05) is 6.54 Å². The minimum absolute atomic E-state index is 0.0328. The van der Waals surface area contributed by atoms with Gasteiger partial charge in [-0.05, 0) is 58.1 Å². The Morgan fingerprint density at radius 1 is 1.21 bits per heavy atom. The molecule has 4 rings (SSSR count). The summed E-state index contributed by atoms with van der Waals surface area (Å²) in [6.07, 6.45) is 8.96. The highest BCUT2D eigenvalue weighted by atomic mass is 16.5. The second kappa shape index (κ2) is 8.11. The van der Waals surface area contributed by atoms with Crippen molar-refractivity contribution in [3.63, 3.8) is 0 Å². The Kier molecular flexibility index (Phi) is 5.38. The lowest BCUT2D eigenvalue weighted by atomic mass is 10.1. The summed E-state index contributed by atoms with van der Waals surface area (Å²) >= 11 is 0. The molecule has 0 aromatic carbocycles. The molecule has 1 aliphatic heterocycles. The molecular formula is C22H25N5O2. The molecule has 0 bridgehead atoms. The van der Waals surface area contributed by atoms with Crippen molar-refractivity contribution in [3.8, 4) is 11.3 Å². The van der Waals surface area contributed by atoms with Gasteiger partial charge in [0.05, 0.1) is 28.8 Å². The van der Waals surface area contributed by atoms with Crippen LogP contribution in [0.25, 0.3) is 11.3 Å². The van der Waals surface area contributed by atoms with Gasteiger partial charge in [-0.1, -0.05) is 11.2 Å². The van der Waals surface area contributed by atoms with Crippen LogP contribution < -0.4 is 0 Å². The van der Waals surface area contributed by atoms with Gasteiger partial charge in [0.2, 0.25) is 0 Å². The van der Waals surface area contributed by atoms with Crippen molar-refractivity contribution in [3.05, 3.63) is 59.1 Å². The molecule has 0 saturated carbocycles. The molecule has 7 nitrogen and oxygen atoms in total. The van der Waals surface area contributed by atoms with Crippen LogP contribution in [0.4, 0.5) is 0 Å². The summed E-state index contributed by atoms with van der Waals surface area (Å²) in [6.45, 7) is 6.49. The number of aromatic nitrogens is 4. The molecule has 0 spiro atoms. The number of rotatable bonds is 5. The quantitative estimate of drug-likeness (QED) is 0.659. The second-order valence-electron chi connectivity index (χ2n) is 7.59. The molecule has 0 aliphatic carbocycles. The lowest BCUT2D eigenvalue weighted by Gasteiger charge is -2.25. The van der Waals surface area contributed by atoms with E-state index < -0.39 is 0 Å². The lowest BCUT2D eigenvalue weighted by molar-refractivity contribution is 0.0723. The predicted octanol–water partition coefficient (Wildman–Crippen LogP) is 3.69. The maximum absolute atomic E-state index is 13.0. The number of aryl methyl sites for hydroxylation is 4. The van der Waals surface area contributed by atoms with Crippen LogP contribution in [0.2, 0.25) is 0 Å². The zero-order valence-electron chi connectivity index (χ0n) is 17.1. The molecule has 0 unspecified atom stereocenters. The first kappa shape index (κ1) is 19.2. The molecule has 29 heavy (non-hydrogen) atoms. The van der Waals surface area contributed by atoms with Crippen molar-refractivity contribution in [1.29, 1.82) is 0 Å². The number of carbonyl (C=O) groups is 1. The molecule has 4 heterocycles. The maximum Gasteiger partial charge on any atom is 0.272 e. The van der Waals surface area contributed by atoms with Crippen LogP contribution >= 0.6 is 0 Å². The molecule has 150 valence electrons. The Bertz CT molecular complexity index is 993. The second-order valence-corrected chi connectivity index (χ2v) is 7.59. The highest BCUT2D eigenvalue weighted by Gasteiger charge is 2.30. The van der Waals surface area contributed by atoms with E-state index in [1.165, 1.54) is 0 Å². The van der Waals surface area contributed by atoms with Gasteiger partial charge in [-0.2, -0.15) is 0 Å². The van der Waals surface area contributed by atoms with Gasteiger partial charge in [0.25, 0.3) is 5.91 Å². The summed E-state index contributed by atoms with van der Waals surface area (Å²) in [5.41, 5.74) is 4.89. The van der Waals surface area contributed by atoms with E-state index in [-0.39, 0.29) is 11.9 Å². The number of hydrogen-bond acceptors (Lipinski definition) is 6. The van der Waals surface area contributed by atoms with Crippen molar-refractivity contribution in [2.45, 2.75) is 52.5 Å². The normalized spacial score (nSPS) is 16.4. The molecule has 0 radical (unpaired) electrons. The topological polar surface area (TPSA) is 85.0 Å². The fraction of sp³-hybridized carbons (Fsp3) is 0.409. The van der Waals surface area contributed by atoms with Crippen molar-refractivity contribution >= 4 is 5.91 Å². The van der Waals surface area contributed by atoms with Crippen LogP contribution in [0.1, 0.15) is 52.5 Å². The van der Waals surface area contributed by atoms with Gasteiger partial charge in [0.1, 0.15) is 11.5 Å². The maximum atomic E-state index is 13.0. The number of pyridine rings is 1. The summed E-state index contributed by atoms with van der Waals surface area (Å²) in [4.78, 5) is 28.3. The first-order valence-corrected chi connectivity index (χ1v) is 10.0. The van der Waals surface area contributed by atoms with Crippen LogP contribution in [-0.4, -0.2) is 43.5 Å². The molecule has 1 aliphatic rings. The first-order valence-electron chi connectivity index (χ1n) is 10.0. The van der Waals surface area contributed by atoms with E-state index in [2.05, 4.69) is 20.1 Å². The fourth-order valence-electron chi connectivity index (χ4n) is 4.02. The molecule has 3 aromatic heterocycles. The Labute approximate surface area is 170 Å². The fourth-order valence-corrected chi connectivity index (χ4v) is 4.02. The van der Waals surface area contributed by atoms with E-state index >= 15 is 0 Å². The van der Waals surface area contributed by atoms with Gasteiger partial charge < -0.3 is 9.42 Å². The summed E-state index contributed by atoms with van der Waals surface area (Å²) < 4.78 is 5.21. The Balaban J connectivity index is 1.42. The Hall–Kier alpha value is -3.09. The van der Waals surface area contributed by atoms with E-state index in [1.807, 2.05) is 44.0 Å². The summed E-state index contributed by atoms with van der Waals surface area (Å²) in [7, 11) is 0. The van der Waals surface area contributed by atoms with Gasteiger partial charge in [-0.15, -0.1) is 0 Å². The highest BCUT2D eigenvalue weighted by molar-refractivity contribution is 5.94. The molecule has 1 amide bonds. The number of likely N-dealkylation sites (tertiary alicyclic amines) is 1. The third kappa shape index (κ3) is 3.90. The van der Waals surface area contributed by atoms with Crippen molar-refractivity contribution in [1.82, 2.24) is 25.0 Å². The molecule has 3 aromatic rings. The Morgan fingerprint density at radius 3 is 2.76 bits per heavy atom. The summed E-state index contributed by atoms with van der Waals surface area (Å²) in [6, 6.07) is 4.01. The standard InChI is InChI=1S/C22H25N5O2/c1-14-6-4-10-23-21(14)22(28)27-11-5-7-18(27)9-8-17-12-25-19(13-24-17)20-15(2)26-29-16(20)3/h4,6,10,12-13,18H,5,7-9,11H2,1-3H3/t18-/m1/s1. The molecule has 1 atom stereocenters. The van der Waals surface area contributed by atoms with Crippen molar-refractivity contribution < 1.29 is 9.32 Å². The third-order valence-electron chi connectivity index (χ3n) is 5.58. The van der Waals surface area contributed by atoms with Gasteiger partial charge in [0, 0.05) is 25.0 Å². The summed E-state index contributed by atoms with van der Waals surface area (Å²) in [5, 5.41) is 3.97. The van der Waals surface area contributed by atoms with E-state index in [0.717, 1.165) is 66.2 Å². The lowest BCUT2D eigenvalue weighted by Crippen LogP contribution is -2.36. The van der Waals surface area contributed by atoms with Crippen molar-refractivity contribution in [2.24, 2.45) is 0 Å². The molecular weight excluding hydrogens is 366 g/mol. The SMILES string of the molecule is Cc1cccnc1C(=O)N1CCC[C@@H]1CCc1cnc(-c2c(C)noc2C)cn1. The number of hydrogen-bond donors (Lipinski definition) is 0. The van der Waals surface area contributed by atoms with Gasteiger partial charge >= 0.3 is 0 Å². The molecule has 1 saturated heterocycles. The zero-order valence-corrected chi connectivity index (χ0v) is 17.1. The van der Waals surface area contributed by atoms with Crippen LogP contribution in [0.3, 0.4) is 0 Å². The van der Waals surface area contributed by atoms with Gasteiger partial charge in [0.15, 0.2) is 0 Å². The largest absolute Gasteiger partial charge is 0.361 e. The number of nitrogens with zero attached hydrogens (tertiary/aromatic N) is 5. The minimum atomic E-state index is 0.0328. The van der Waals surface area contributed by atoms with E-state index in [1.54, 1.807) is 12.4 Å². The number of amides is 1. The number of carbonyl (C=O) groups excluding carboxylic acids is 1. The first-order chi connectivity index (χ1) is 14.0. The molecule has 7 heteroatoms. The van der Waals surface area contributed by atoms with Crippen LogP contribution in [0.5, 0.6) is 0 Å². The van der Waals surface area contributed by atoms with Crippen LogP contribution in [0.15, 0.2) is 35.2 Å². The van der Waals surface area contributed by atoms with Crippen LogP contribution in [0, 0.1) is 20.8 Å². The monoisotopic (exact) mass is 391 g/mol. The zero-order chi connectivity index (χ0) is 20.4. The molecule has 0 N–H and O–H groups in total. The molecule has 1 fully saturated rings. The average molecular weight is 391 g/mol.